The van der Waals surface area contributed by atoms with Crippen LogP contribution in [-0.4, -0.2) is 32.3 Å². The van der Waals surface area contributed by atoms with Crippen molar-refractivity contribution in [3.63, 3.8) is 0 Å². The number of rotatable bonds is 6. The molecule has 0 heterocycles. The van der Waals surface area contributed by atoms with Gasteiger partial charge in [0.25, 0.3) is 0 Å². The van der Waals surface area contributed by atoms with E-state index in [1.807, 2.05) is 13.1 Å². The lowest BCUT2D eigenvalue weighted by atomic mass is 9.86. The van der Waals surface area contributed by atoms with Crippen molar-refractivity contribution in [1.82, 2.24) is 5.32 Å². The Morgan fingerprint density at radius 3 is 2.70 bits per heavy atom. The first-order valence-corrected chi connectivity index (χ1v) is 8.78. The van der Waals surface area contributed by atoms with Gasteiger partial charge in [-0.3, -0.25) is 10.1 Å². The van der Waals surface area contributed by atoms with Crippen LogP contribution in [0.4, 0.5) is 10.1 Å². The summed E-state index contributed by atoms with van der Waals surface area (Å²) in [7, 11) is 2.01. The fourth-order valence-electron chi connectivity index (χ4n) is 3.03. The molecule has 0 atom stereocenters. The minimum absolute atomic E-state index is 0.229. The molecule has 1 aliphatic carbocycles. The normalized spacial score (nSPS) is 21.0. The summed E-state index contributed by atoms with van der Waals surface area (Å²) >= 11 is 3.18. The number of nitrogens with zero attached hydrogens (tertiary/aromatic N) is 1. The van der Waals surface area contributed by atoms with E-state index in [1.54, 1.807) is 12.1 Å². The van der Waals surface area contributed by atoms with E-state index in [1.165, 1.54) is 6.92 Å². The van der Waals surface area contributed by atoms with E-state index in [0.29, 0.717) is 23.2 Å². The number of halogens is 2. The van der Waals surface area contributed by atoms with Gasteiger partial charge in [-0.05, 0) is 65.7 Å². The van der Waals surface area contributed by atoms with Crippen LogP contribution in [0.5, 0.6) is 0 Å². The molecule has 0 unspecified atom stereocenters. The molecule has 1 aromatic carbocycles. The zero-order chi connectivity index (χ0) is 16.8. The summed E-state index contributed by atoms with van der Waals surface area (Å²) in [5, 5.41) is 3.26. The number of carbonyl (C=O) groups excluding carboxylic acids is 1. The average molecular weight is 387 g/mol. The van der Waals surface area contributed by atoms with Crippen molar-refractivity contribution in [2.24, 2.45) is 5.92 Å². The minimum Gasteiger partial charge on any atom is -0.450 e. The van der Waals surface area contributed by atoms with Gasteiger partial charge in [-0.25, -0.2) is 4.39 Å². The number of esters is 1. The first-order chi connectivity index (χ1) is 11.0. The third-order valence-corrected chi connectivity index (χ3v) is 5.01. The monoisotopic (exact) mass is 386 g/mol. The van der Waals surface area contributed by atoms with Gasteiger partial charge in [-0.2, -0.15) is 0 Å². The van der Waals surface area contributed by atoms with Crippen LogP contribution in [0.15, 0.2) is 22.7 Å². The quantitative estimate of drug-likeness (QED) is 0.597. The summed E-state index contributed by atoms with van der Waals surface area (Å²) in [5.74, 6) is 0.126. The molecule has 0 spiro atoms. The Morgan fingerprint density at radius 2 is 2.09 bits per heavy atom. The summed E-state index contributed by atoms with van der Waals surface area (Å²) in [6, 6.07) is 5.66. The standard InChI is InChI=1S/C17H24BrFN2O2/c1-12(22)23-11-20-14-5-3-13(4-6-14)10-21(2)15-7-8-16(18)17(19)9-15/h7-9,13-14,20H,3-6,10-11H2,1-2H3/t13-,14-. The molecule has 0 amide bonds. The van der Waals surface area contributed by atoms with Gasteiger partial charge in [0.15, 0.2) is 0 Å². The summed E-state index contributed by atoms with van der Waals surface area (Å²) in [6.45, 7) is 2.64. The van der Waals surface area contributed by atoms with Gasteiger partial charge in [-0.15, -0.1) is 0 Å². The number of ether oxygens (including phenoxy) is 1. The highest BCUT2D eigenvalue weighted by molar-refractivity contribution is 9.10. The number of hydrogen-bond acceptors (Lipinski definition) is 4. The lowest BCUT2D eigenvalue weighted by Crippen LogP contribution is -2.37. The molecular weight excluding hydrogens is 363 g/mol. The molecule has 1 saturated carbocycles. The highest BCUT2D eigenvalue weighted by Crippen LogP contribution is 2.27. The fourth-order valence-corrected chi connectivity index (χ4v) is 3.27. The maximum absolute atomic E-state index is 13.6. The van der Waals surface area contributed by atoms with Crippen molar-refractivity contribution in [3.8, 4) is 0 Å². The van der Waals surface area contributed by atoms with Crippen LogP contribution in [0.3, 0.4) is 0 Å². The van der Waals surface area contributed by atoms with Crippen LogP contribution in [0.2, 0.25) is 0 Å². The average Bonchev–Trinajstić information content (AvgIpc) is 2.51. The van der Waals surface area contributed by atoms with Crippen LogP contribution in [0.25, 0.3) is 0 Å². The number of carbonyl (C=O) groups is 1. The van der Waals surface area contributed by atoms with E-state index in [-0.39, 0.29) is 11.8 Å². The number of hydrogen-bond donors (Lipinski definition) is 1. The van der Waals surface area contributed by atoms with Crippen molar-refractivity contribution in [1.29, 1.82) is 0 Å². The second kappa shape index (κ2) is 8.64. The zero-order valence-corrected chi connectivity index (χ0v) is 15.2. The largest absolute Gasteiger partial charge is 0.450 e. The zero-order valence-electron chi connectivity index (χ0n) is 13.6. The molecule has 0 saturated heterocycles. The van der Waals surface area contributed by atoms with E-state index in [2.05, 4.69) is 26.1 Å². The highest BCUT2D eigenvalue weighted by Gasteiger charge is 2.22. The maximum Gasteiger partial charge on any atom is 0.303 e. The van der Waals surface area contributed by atoms with Crippen LogP contribution in [0.1, 0.15) is 32.6 Å². The van der Waals surface area contributed by atoms with Crippen molar-refractivity contribution < 1.29 is 13.9 Å². The van der Waals surface area contributed by atoms with Crippen LogP contribution >= 0.6 is 15.9 Å². The van der Waals surface area contributed by atoms with E-state index in [9.17, 15) is 9.18 Å². The summed E-state index contributed by atoms with van der Waals surface area (Å²) in [4.78, 5) is 12.9. The first kappa shape index (κ1) is 18.2. The van der Waals surface area contributed by atoms with Gasteiger partial charge in [0.1, 0.15) is 12.5 Å². The lowest BCUT2D eigenvalue weighted by molar-refractivity contribution is -0.142. The lowest BCUT2D eigenvalue weighted by Gasteiger charge is -2.32. The smallest absolute Gasteiger partial charge is 0.303 e. The molecule has 1 aliphatic rings. The molecule has 0 bridgehead atoms. The van der Waals surface area contributed by atoms with Crippen molar-refractivity contribution in [2.45, 2.75) is 38.6 Å². The van der Waals surface area contributed by atoms with Gasteiger partial charge in [-0.1, -0.05) is 0 Å². The molecule has 1 N–H and O–H groups in total. The van der Waals surface area contributed by atoms with E-state index >= 15 is 0 Å². The molecule has 0 aromatic heterocycles. The van der Waals surface area contributed by atoms with Gasteiger partial charge in [0.05, 0.1) is 4.47 Å². The van der Waals surface area contributed by atoms with Crippen molar-refractivity contribution >= 4 is 27.6 Å². The molecule has 2 rings (SSSR count). The molecule has 1 aromatic rings. The predicted molar refractivity (Wildman–Crippen MR) is 92.9 cm³/mol. The van der Waals surface area contributed by atoms with Gasteiger partial charge >= 0.3 is 5.97 Å². The molecule has 6 heteroatoms. The summed E-state index contributed by atoms with van der Waals surface area (Å²) in [5.41, 5.74) is 0.904. The number of nitrogens with one attached hydrogen (secondary N) is 1. The Hall–Kier alpha value is -1.14. The highest BCUT2D eigenvalue weighted by atomic mass is 79.9. The molecule has 23 heavy (non-hydrogen) atoms. The Balaban J connectivity index is 1.75. The van der Waals surface area contributed by atoms with Crippen molar-refractivity contribution in [2.75, 3.05) is 25.2 Å². The Labute approximate surface area is 145 Å². The summed E-state index contributed by atoms with van der Waals surface area (Å²) in [6.07, 6.45) is 4.41. The van der Waals surface area contributed by atoms with Gasteiger partial charge in [0.2, 0.25) is 0 Å². The third-order valence-electron chi connectivity index (χ3n) is 4.37. The van der Waals surface area contributed by atoms with Gasteiger partial charge in [0, 0.05) is 32.2 Å². The van der Waals surface area contributed by atoms with E-state index in [4.69, 9.17) is 4.74 Å². The Morgan fingerprint density at radius 1 is 1.39 bits per heavy atom. The first-order valence-electron chi connectivity index (χ1n) is 7.98. The SMILES string of the molecule is CC(=O)OCN[C@H]1CC[C@H](CN(C)c2ccc(Br)c(F)c2)CC1. The molecule has 0 aliphatic heterocycles. The Bertz CT molecular complexity index is 533. The molecule has 0 radical (unpaired) electrons. The van der Waals surface area contributed by atoms with Gasteiger partial charge < -0.3 is 9.64 Å². The molecule has 4 nitrogen and oxygen atoms in total. The topological polar surface area (TPSA) is 41.6 Å². The van der Waals surface area contributed by atoms with Crippen molar-refractivity contribution in [3.05, 3.63) is 28.5 Å². The Kier molecular flexibility index (Phi) is 6.84. The molecule has 1 fully saturated rings. The van der Waals surface area contributed by atoms with Crippen LogP contribution in [-0.2, 0) is 9.53 Å². The van der Waals surface area contributed by atoms with Crippen LogP contribution < -0.4 is 10.2 Å². The number of benzene rings is 1. The van der Waals surface area contributed by atoms with E-state index < -0.39 is 0 Å². The van der Waals surface area contributed by atoms with E-state index in [0.717, 1.165) is 37.9 Å². The second-order valence-corrected chi connectivity index (χ2v) is 7.04. The third kappa shape index (κ3) is 5.77. The second-order valence-electron chi connectivity index (χ2n) is 6.18. The minimum atomic E-state index is -0.255. The molecule has 128 valence electrons. The van der Waals surface area contributed by atoms with Crippen LogP contribution in [0, 0.1) is 11.7 Å². The maximum atomic E-state index is 13.6. The summed E-state index contributed by atoms with van der Waals surface area (Å²) < 4.78 is 19.0. The predicted octanol–water partition coefficient (Wildman–Crippen LogP) is 3.69. The fraction of sp³-hybridized carbons (Fsp3) is 0.588. The number of anilines is 1. The molecular formula is C17H24BrFN2O2.